The molecule has 0 aliphatic carbocycles. The van der Waals surface area contributed by atoms with Crippen LogP contribution in [0, 0.1) is 13.8 Å². The highest BCUT2D eigenvalue weighted by molar-refractivity contribution is 5.95. The minimum absolute atomic E-state index is 0.106. The largest absolute Gasteiger partial charge is 0.331 e. The van der Waals surface area contributed by atoms with Gasteiger partial charge in [-0.2, -0.15) is 0 Å². The zero-order valence-electron chi connectivity index (χ0n) is 10.4. The Morgan fingerprint density at radius 1 is 1.24 bits per heavy atom. The van der Waals surface area contributed by atoms with Gasteiger partial charge in [0.1, 0.15) is 5.69 Å². The second-order valence-corrected chi connectivity index (χ2v) is 4.49. The molecule has 0 radical (unpaired) electrons. The fraction of sp³-hybridized carbons (Fsp3) is 0.286. The molecule has 2 aromatic rings. The van der Waals surface area contributed by atoms with E-state index in [1.807, 2.05) is 20.9 Å². The molecule has 1 heterocycles. The Morgan fingerprint density at radius 3 is 2.41 bits per heavy atom. The third-order valence-corrected chi connectivity index (χ3v) is 2.75. The molecule has 0 aliphatic rings. The highest BCUT2D eigenvalue weighted by atomic mass is 16.1. The Kier molecular flexibility index (Phi) is 3.09. The summed E-state index contributed by atoms with van der Waals surface area (Å²) in [5.74, 6) is 0.106. The first kappa shape index (κ1) is 11.6. The highest BCUT2D eigenvalue weighted by Crippen LogP contribution is 2.12. The number of nitrogens with zero attached hydrogens (tertiary/aromatic N) is 2. The van der Waals surface area contributed by atoms with Gasteiger partial charge in [0.05, 0.1) is 12.5 Å². The van der Waals surface area contributed by atoms with Crippen molar-refractivity contribution in [2.75, 3.05) is 0 Å². The van der Waals surface area contributed by atoms with Crippen molar-refractivity contribution in [3.63, 3.8) is 0 Å². The third kappa shape index (κ3) is 2.61. The van der Waals surface area contributed by atoms with Gasteiger partial charge in [0.2, 0.25) is 0 Å². The van der Waals surface area contributed by atoms with Crippen LogP contribution in [0.25, 0.3) is 0 Å². The number of hydrogen-bond acceptors (Lipinski definition) is 2. The van der Waals surface area contributed by atoms with Gasteiger partial charge in [0.25, 0.3) is 0 Å². The smallest absolute Gasteiger partial charge is 0.185 e. The van der Waals surface area contributed by atoms with E-state index in [1.54, 1.807) is 17.1 Å². The van der Waals surface area contributed by atoms with Crippen LogP contribution in [0.5, 0.6) is 0 Å². The number of aryl methyl sites for hydroxylation is 3. The fourth-order valence-corrected chi connectivity index (χ4v) is 2.07. The van der Waals surface area contributed by atoms with Gasteiger partial charge in [-0.15, -0.1) is 0 Å². The molecule has 2 rings (SSSR count). The lowest BCUT2D eigenvalue weighted by atomic mass is 10.0. The van der Waals surface area contributed by atoms with E-state index in [9.17, 15) is 4.79 Å². The number of imidazole rings is 1. The van der Waals surface area contributed by atoms with Crippen LogP contribution in [0.2, 0.25) is 0 Å². The van der Waals surface area contributed by atoms with E-state index in [2.05, 4.69) is 23.2 Å². The lowest BCUT2D eigenvalue weighted by Gasteiger charge is -2.05. The number of Topliss-reactive ketones (excluding diaryl/α,β-unsaturated/α-hetero) is 1. The maximum absolute atomic E-state index is 12.1. The summed E-state index contributed by atoms with van der Waals surface area (Å²) in [6.45, 7) is 4.09. The molecule has 3 heteroatoms. The van der Waals surface area contributed by atoms with Crippen molar-refractivity contribution in [1.82, 2.24) is 9.55 Å². The minimum Gasteiger partial charge on any atom is -0.331 e. The number of rotatable bonds is 3. The summed E-state index contributed by atoms with van der Waals surface area (Å²) in [6.07, 6.45) is 3.70. The van der Waals surface area contributed by atoms with E-state index < -0.39 is 0 Å². The van der Waals surface area contributed by atoms with Crippen molar-refractivity contribution in [1.29, 1.82) is 0 Å². The number of aromatic nitrogens is 2. The Hall–Kier alpha value is -1.90. The molecule has 0 bridgehead atoms. The van der Waals surface area contributed by atoms with Crippen molar-refractivity contribution in [2.24, 2.45) is 7.05 Å². The molecule has 0 unspecified atom stereocenters. The van der Waals surface area contributed by atoms with Gasteiger partial charge in [-0.05, 0) is 19.4 Å². The third-order valence-electron chi connectivity index (χ3n) is 2.75. The van der Waals surface area contributed by atoms with Crippen molar-refractivity contribution in [3.05, 3.63) is 53.1 Å². The minimum atomic E-state index is 0.106. The number of benzene rings is 1. The Morgan fingerprint density at radius 2 is 1.88 bits per heavy atom. The van der Waals surface area contributed by atoms with E-state index in [0.29, 0.717) is 12.1 Å². The van der Waals surface area contributed by atoms with Crippen LogP contribution < -0.4 is 0 Å². The van der Waals surface area contributed by atoms with Gasteiger partial charge >= 0.3 is 0 Å². The Bertz CT molecular complexity index is 535. The zero-order chi connectivity index (χ0) is 12.4. The summed E-state index contributed by atoms with van der Waals surface area (Å²) in [4.78, 5) is 16.0. The summed E-state index contributed by atoms with van der Waals surface area (Å²) in [5.41, 5.74) is 4.11. The first-order valence-electron chi connectivity index (χ1n) is 5.63. The molecule has 0 saturated carbocycles. The van der Waals surface area contributed by atoms with E-state index in [-0.39, 0.29) is 5.78 Å². The van der Waals surface area contributed by atoms with Gasteiger partial charge in [0.15, 0.2) is 5.78 Å². The maximum atomic E-state index is 12.1. The number of ketones is 1. The lowest BCUT2D eigenvalue weighted by molar-refractivity contribution is 0.0985. The predicted octanol–water partition coefficient (Wildman–Crippen LogP) is 2.46. The molecule has 0 spiro atoms. The number of hydrogen-bond donors (Lipinski definition) is 0. The van der Waals surface area contributed by atoms with Gasteiger partial charge in [-0.1, -0.05) is 29.3 Å². The van der Waals surface area contributed by atoms with Crippen LogP contribution in [-0.4, -0.2) is 15.3 Å². The molecule has 0 fully saturated rings. The average molecular weight is 228 g/mol. The molecule has 1 aromatic carbocycles. The van der Waals surface area contributed by atoms with Crippen molar-refractivity contribution < 1.29 is 4.79 Å². The Labute approximate surface area is 101 Å². The van der Waals surface area contributed by atoms with E-state index >= 15 is 0 Å². The quantitative estimate of drug-likeness (QED) is 0.756. The summed E-state index contributed by atoms with van der Waals surface area (Å²) in [6, 6.07) is 6.22. The molecule has 0 saturated heterocycles. The number of carbonyl (C=O) groups is 1. The molecular weight excluding hydrogens is 212 g/mol. The van der Waals surface area contributed by atoms with Crippen LogP contribution in [0.4, 0.5) is 0 Å². The topological polar surface area (TPSA) is 34.9 Å². The fourth-order valence-electron chi connectivity index (χ4n) is 2.07. The van der Waals surface area contributed by atoms with Crippen LogP contribution in [0.1, 0.15) is 27.2 Å². The van der Waals surface area contributed by atoms with E-state index in [4.69, 9.17) is 0 Å². The zero-order valence-corrected chi connectivity index (χ0v) is 10.4. The molecule has 0 aliphatic heterocycles. The number of carbonyl (C=O) groups excluding carboxylic acids is 1. The SMILES string of the molecule is Cc1cc(C)cc(CC(=O)c2cncn2C)c1. The van der Waals surface area contributed by atoms with Crippen molar-refractivity contribution in [2.45, 2.75) is 20.3 Å². The van der Waals surface area contributed by atoms with Crippen LogP contribution in [0.15, 0.2) is 30.7 Å². The van der Waals surface area contributed by atoms with Gasteiger partial charge < -0.3 is 4.57 Å². The molecule has 88 valence electrons. The first-order chi connectivity index (χ1) is 8.06. The highest BCUT2D eigenvalue weighted by Gasteiger charge is 2.10. The summed E-state index contributed by atoms with van der Waals surface area (Å²) in [7, 11) is 1.84. The van der Waals surface area contributed by atoms with E-state index in [0.717, 1.165) is 5.56 Å². The summed E-state index contributed by atoms with van der Waals surface area (Å²) < 4.78 is 1.75. The first-order valence-corrected chi connectivity index (χ1v) is 5.63. The van der Waals surface area contributed by atoms with Gasteiger partial charge in [-0.25, -0.2) is 4.98 Å². The summed E-state index contributed by atoms with van der Waals surface area (Å²) in [5, 5.41) is 0. The molecule has 1 aromatic heterocycles. The van der Waals surface area contributed by atoms with Gasteiger partial charge in [0, 0.05) is 13.5 Å². The second kappa shape index (κ2) is 4.53. The van der Waals surface area contributed by atoms with E-state index in [1.165, 1.54) is 11.1 Å². The van der Waals surface area contributed by atoms with Crippen molar-refractivity contribution >= 4 is 5.78 Å². The predicted molar refractivity (Wildman–Crippen MR) is 67.2 cm³/mol. The Balaban J connectivity index is 2.21. The van der Waals surface area contributed by atoms with Crippen LogP contribution in [-0.2, 0) is 13.5 Å². The van der Waals surface area contributed by atoms with Gasteiger partial charge in [-0.3, -0.25) is 4.79 Å². The molecule has 3 nitrogen and oxygen atoms in total. The monoisotopic (exact) mass is 228 g/mol. The lowest BCUT2D eigenvalue weighted by Crippen LogP contribution is -2.08. The van der Waals surface area contributed by atoms with Crippen molar-refractivity contribution in [3.8, 4) is 0 Å². The molecule has 0 N–H and O–H groups in total. The molecular formula is C14H16N2O. The standard InChI is InChI=1S/C14H16N2O/c1-10-4-11(2)6-12(5-10)7-14(17)13-8-15-9-16(13)3/h4-6,8-9H,7H2,1-3H3. The summed E-state index contributed by atoms with van der Waals surface area (Å²) >= 11 is 0. The average Bonchev–Trinajstić information content (AvgIpc) is 2.62. The normalized spacial score (nSPS) is 10.5. The molecule has 0 atom stereocenters. The van der Waals surface area contributed by atoms with Crippen LogP contribution >= 0.6 is 0 Å². The molecule has 0 amide bonds. The molecule has 17 heavy (non-hydrogen) atoms. The second-order valence-electron chi connectivity index (χ2n) is 4.49. The van der Waals surface area contributed by atoms with Crippen LogP contribution in [0.3, 0.4) is 0 Å². The maximum Gasteiger partial charge on any atom is 0.185 e.